The third kappa shape index (κ3) is 4.97. The Bertz CT molecular complexity index is 1530. The van der Waals surface area contributed by atoms with Gasteiger partial charge in [-0.3, -0.25) is 9.59 Å². The molecule has 0 aliphatic rings. The molecule has 1 aromatic heterocycles. The van der Waals surface area contributed by atoms with Crippen LogP contribution in [0.5, 0.6) is 0 Å². The van der Waals surface area contributed by atoms with Crippen molar-refractivity contribution < 1.29 is 9.59 Å². The highest BCUT2D eigenvalue weighted by atomic mass is 32.1. The van der Waals surface area contributed by atoms with Crippen LogP contribution in [0.3, 0.4) is 0 Å². The molecule has 0 aliphatic heterocycles. The monoisotopic (exact) mass is 479 g/mol. The molecule has 4 aromatic carbocycles. The smallest absolute Gasteiger partial charge is 0.255 e. The summed E-state index contributed by atoms with van der Waals surface area (Å²) in [5.74, 6) is -0.406. The van der Waals surface area contributed by atoms with E-state index in [9.17, 15) is 9.59 Å². The summed E-state index contributed by atoms with van der Waals surface area (Å²) in [7, 11) is 0. The van der Waals surface area contributed by atoms with Crippen molar-refractivity contribution in [1.29, 1.82) is 0 Å². The van der Waals surface area contributed by atoms with Gasteiger partial charge in [0.25, 0.3) is 11.8 Å². The number of hydrogen-bond acceptors (Lipinski definition) is 6. The molecule has 0 unspecified atom stereocenters. The van der Waals surface area contributed by atoms with Gasteiger partial charge >= 0.3 is 0 Å². The molecule has 35 heavy (non-hydrogen) atoms. The minimum Gasteiger partial charge on any atom is -0.399 e. The molecule has 0 fully saturated rings. The van der Waals surface area contributed by atoms with Crippen LogP contribution in [0.2, 0.25) is 0 Å². The second-order valence-corrected chi connectivity index (χ2v) is 8.96. The first-order chi connectivity index (χ1) is 16.9. The van der Waals surface area contributed by atoms with Crippen molar-refractivity contribution in [3.8, 4) is 10.6 Å². The van der Waals surface area contributed by atoms with Gasteiger partial charge in [0, 0.05) is 39.4 Å². The Morgan fingerprint density at radius 1 is 0.657 bits per heavy atom. The standard InChI is InChI=1S/C27H21N5O2S/c28-19-7-1-16(2-8-19)25(33)30-21-11-5-18(6-12-21)27-32-23-14-13-22(15-24(23)35-27)31-26(34)17-3-9-20(29)10-4-17/h1-15H,28-29H2,(H,30,33)(H,31,34). The van der Waals surface area contributed by atoms with Crippen LogP contribution >= 0.6 is 11.3 Å². The molecule has 1 heterocycles. The van der Waals surface area contributed by atoms with Crippen LogP contribution in [0, 0.1) is 0 Å². The van der Waals surface area contributed by atoms with E-state index in [1.807, 2.05) is 42.5 Å². The van der Waals surface area contributed by atoms with Crippen LogP contribution in [0.1, 0.15) is 20.7 Å². The summed E-state index contributed by atoms with van der Waals surface area (Å²) in [4.78, 5) is 29.6. The molecule has 8 heteroatoms. The van der Waals surface area contributed by atoms with Crippen molar-refractivity contribution in [2.45, 2.75) is 0 Å². The number of nitrogens with zero attached hydrogens (tertiary/aromatic N) is 1. The molecule has 0 saturated carbocycles. The fourth-order valence-electron chi connectivity index (χ4n) is 3.50. The number of anilines is 4. The molecule has 7 nitrogen and oxygen atoms in total. The lowest BCUT2D eigenvalue weighted by atomic mass is 10.1. The lowest BCUT2D eigenvalue weighted by molar-refractivity contribution is 0.101. The molecule has 0 spiro atoms. The van der Waals surface area contributed by atoms with Crippen molar-refractivity contribution in [3.05, 3.63) is 102 Å². The molecule has 0 saturated heterocycles. The molecule has 5 aromatic rings. The number of aromatic nitrogens is 1. The van der Waals surface area contributed by atoms with Gasteiger partial charge in [-0.2, -0.15) is 0 Å². The van der Waals surface area contributed by atoms with Crippen LogP contribution in [-0.4, -0.2) is 16.8 Å². The van der Waals surface area contributed by atoms with Gasteiger partial charge in [0.1, 0.15) is 5.01 Å². The molecular formula is C27H21N5O2S. The summed E-state index contributed by atoms with van der Waals surface area (Å²) in [5.41, 5.74) is 16.8. The third-order valence-corrected chi connectivity index (χ3v) is 6.45. The van der Waals surface area contributed by atoms with E-state index in [4.69, 9.17) is 16.5 Å². The molecule has 0 aliphatic carbocycles. The number of carbonyl (C=O) groups excluding carboxylic acids is 2. The average Bonchev–Trinajstić information content (AvgIpc) is 3.29. The molecule has 172 valence electrons. The fraction of sp³-hybridized carbons (Fsp3) is 0. The van der Waals surface area contributed by atoms with Crippen molar-refractivity contribution in [3.63, 3.8) is 0 Å². The van der Waals surface area contributed by atoms with Gasteiger partial charge in [0.2, 0.25) is 0 Å². The zero-order valence-corrected chi connectivity index (χ0v) is 19.3. The van der Waals surface area contributed by atoms with Gasteiger partial charge in [0.05, 0.1) is 10.2 Å². The van der Waals surface area contributed by atoms with Gasteiger partial charge < -0.3 is 22.1 Å². The third-order valence-electron chi connectivity index (χ3n) is 5.38. The van der Waals surface area contributed by atoms with Crippen LogP contribution in [-0.2, 0) is 0 Å². The molecule has 2 amide bonds. The lowest BCUT2D eigenvalue weighted by Crippen LogP contribution is -2.11. The Labute approximate surface area is 205 Å². The molecule has 0 bridgehead atoms. The predicted molar refractivity (Wildman–Crippen MR) is 143 cm³/mol. The quantitative estimate of drug-likeness (QED) is 0.243. The van der Waals surface area contributed by atoms with Crippen molar-refractivity contribution in [1.82, 2.24) is 4.98 Å². The number of nitrogen functional groups attached to an aromatic ring is 2. The van der Waals surface area contributed by atoms with E-state index in [1.54, 1.807) is 48.5 Å². The maximum Gasteiger partial charge on any atom is 0.255 e. The topological polar surface area (TPSA) is 123 Å². The molecule has 0 radical (unpaired) electrons. The summed E-state index contributed by atoms with van der Waals surface area (Å²) in [6, 6.07) is 26.7. The number of carbonyl (C=O) groups is 2. The van der Waals surface area contributed by atoms with E-state index < -0.39 is 0 Å². The Kier molecular flexibility index (Phi) is 5.87. The van der Waals surface area contributed by atoms with E-state index in [-0.39, 0.29) is 11.8 Å². The summed E-state index contributed by atoms with van der Waals surface area (Å²) < 4.78 is 0.954. The Morgan fingerprint density at radius 3 is 1.74 bits per heavy atom. The molecular weight excluding hydrogens is 458 g/mol. The van der Waals surface area contributed by atoms with E-state index in [1.165, 1.54) is 11.3 Å². The van der Waals surface area contributed by atoms with E-state index >= 15 is 0 Å². The van der Waals surface area contributed by atoms with Gasteiger partial charge in [-0.05, 0) is 91.0 Å². The van der Waals surface area contributed by atoms with Crippen molar-refractivity contribution in [2.75, 3.05) is 22.1 Å². The zero-order valence-electron chi connectivity index (χ0n) is 18.5. The predicted octanol–water partition coefficient (Wildman–Crippen LogP) is 5.63. The highest BCUT2D eigenvalue weighted by Gasteiger charge is 2.11. The second-order valence-electron chi connectivity index (χ2n) is 7.93. The fourth-order valence-corrected chi connectivity index (χ4v) is 4.51. The van der Waals surface area contributed by atoms with Gasteiger partial charge in [0.15, 0.2) is 0 Å². The zero-order chi connectivity index (χ0) is 24.4. The van der Waals surface area contributed by atoms with Gasteiger partial charge in [-0.25, -0.2) is 4.98 Å². The first kappa shape index (κ1) is 22.1. The highest BCUT2D eigenvalue weighted by Crippen LogP contribution is 2.32. The van der Waals surface area contributed by atoms with Crippen LogP contribution < -0.4 is 22.1 Å². The molecule has 6 N–H and O–H groups in total. The first-order valence-corrected chi connectivity index (χ1v) is 11.6. The number of thiazole rings is 1. The number of nitrogens with two attached hydrogens (primary N) is 2. The first-order valence-electron chi connectivity index (χ1n) is 10.8. The Hall–Kier alpha value is -4.69. The molecule has 5 rings (SSSR count). The van der Waals surface area contributed by atoms with Crippen LogP contribution in [0.25, 0.3) is 20.8 Å². The second kappa shape index (κ2) is 9.28. The van der Waals surface area contributed by atoms with Crippen LogP contribution in [0.4, 0.5) is 22.7 Å². The maximum absolute atomic E-state index is 12.5. The van der Waals surface area contributed by atoms with E-state index in [0.29, 0.717) is 33.9 Å². The summed E-state index contributed by atoms with van der Waals surface area (Å²) in [6.45, 7) is 0. The van der Waals surface area contributed by atoms with E-state index in [0.717, 1.165) is 20.8 Å². The maximum atomic E-state index is 12.5. The minimum absolute atomic E-state index is 0.203. The summed E-state index contributed by atoms with van der Waals surface area (Å²) in [5, 5.41) is 6.64. The number of fused-ring (bicyclic) bond motifs is 1. The average molecular weight is 480 g/mol. The number of nitrogens with one attached hydrogen (secondary N) is 2. The summed E-state index contributed by atoms with van der Waals surface area (Å²) >= 11 is 1.53. The van der Waals surface area contributed by atoms with Gasteiger partial charge in [-0.1, -0.05) is 0 Å². The van der Waals surface area contributed by atoms with Gasteiger partial charge in [-0.15, -0.1) is 11.3 Å². The molecule has 0 atom stereocenters. The lowest BCUT2D eigenvalue weighted by Gasteiger charge is -2.06. The normalized spacial score (nSPS) is 10.7. The highest BCUT2D eigenvalue weighted by molar-refractivity contribution is 7.21. The number of rotatable bonds is 5. The Morgan fingerprint density at radius 2 is 1.17 bits per heavy atom. The number of benzene rings is 4. The van der Waals surface area contributed by atoms with Crippen molar-refractivity contribution in [2.24, 2.45) is 0 Å². The van der Waals surface area contributed by atoms with Crippen molar-refractivity contribution >= 4 is 56.1 Å². The van der Waals surface area contributed by atoms with Crippen LogP contribution in [0.15, 0.2) is 91.0 Å². The summed E-state index contributed by atoms with van der Waals surface area (Å²) in [6.07, 6.45) is 0. The number of hydrogen-bond donors (Lipinski definition) is 4. The number of amides is 2. The minimum atomic E-state index is -0.203. The van der Waals surface area contributed by atoms with E-state index in [2.05, 4.69) is 10.6 Å². The largest absolute Gasteiger partial charge is 0.399 e. The Balaban J connectivity index is 1.30. The SMILES string of the molecule is Nc1ccc(C(=O)Nc2ccc(-c3nc4ccc(NC(=O)c5ccc(N)cc5)cc4s3)cc2)cc1.